The predicted octanol–water partition coefficient (Wildman–Crippen LogP) is 2.63. The van der Waals surface area contributed by atoms with Crippen molar-refractivity contribution in [2.24, 2.45) is 0 Å². The molecule has 0 atom stereocenters. The summed E-state index contributed by atoms with van der Waals surface area (Å²) in [6.07, 6.45) is 0. The average Bonchev–Trinajstić information content (AvgIpc) is 2.21. The molecule has 92 valence electrons. The Morgan fingerprint density at radius 2 is 1.94 bits per heavy atom. The zero-order chi connectivity index (χ0) is 13.1. The number of hydrogen-bond acceptors (Lipinski definition) is 3. The van der Waals surface area contributed by atoms with E-state index in [0.717, 1.165) is 0 Å². The normalized spacial score (nSPS) is 10.6. The molecule has 0 aliphatic carbocycles. The summed E-state index contributed by atoms with van der Waals surface area (Å²) >= 11 is 0. The lowest BCUT2D eigenvalue weighted by Crippen LogP contribution is -2.00. The molecule has 0 saturated heterocycles. The van der Waals surface area contributed by atoms with Gasteiger partial charge in [-0.2, -0.15) is 0 Å². The predicted molar refractivity (Wildman–Crippen MR) is 67.9 cm³/mol. The van der Waals surface area contributed by atoms with Gasteiger partial charge in [0.05, 0.1) is 4.90 Å². The molecule has 0 aliphatic rings. The fourth-order valence-corrected chi connectivity index (χ4v) is 2.63. The van der Waals surface area contributed by atoms with Gasteiger partial charge in [0.25, 0.3) is 9.05 Å². The van der Waals surface area contributed by atoms with Crippen LogP contribution < -0.4 is 4.74 Å². The van der Waals surface area contributed by atoms with Crippen LogP contribution in [0.15, 0.2) is 17.0 Å². The molecular formula is C12H13ClO3S. The van der Waals surface area contributed by atoms with Crippen LogP contribution in [-0.4, -0.2) is 15.0 Å². The molecule has 1 aromatic rings. The van der Waals surface area contributed by atoms with Crippen LogP contribution in [0.25, 0.3) is 0 Å². The number of ether oxygens (including phenoxy) is 1. The van der Waals surface area contributed by atoms with Gasteiger partial charge in [-0.15, -0.1) is 5.92 Å². The minimum atomic E-state index is -3.71. The largest absolute Gasteiger partial charge is 0.481 e. The Morgan fingerprint density at radius 1 is 1.29 bits per heavy atom. The monoisotopic (exact) mass is 272 g/mol. The van der Waals surface area contributed by atoms with Crippen molar-refractivity contribution in [1.29, 1.82) is 0 Å². The maximum Gasteiger partial charge on any atom is 0.261 e. The van der Waals surface area contributed by atoms with Crippen molar-refractivity contribution in [3.8, 4) is 17.6 Å². The SMILES string of the molecule is CC#CCOc1cc(C)c(S(=O)(=O)Cl)cc1C. The van der Waals surface area contributed by atoms with E-state index >= 15 is 0 Å². The second kappa shape index (κ2) is 5.44. The van der Waals surface area contributed by atoms with Gasteiger partial charge in [0.1, 0.15) is 12.4 Å². The lowest BCUT2D eigenvalue weighted by atomic mass is 10.1. The van der Waals surface area contributed by atoms with Gasteiger partial charge in [-0.05, 0) is 44.0 Å². The summed E-state index contributed by atoms with van der Waals surface area (Å²) in [4.78, 5) is 0.116. The molecule has 1 rings (SSSR count). The number of benzene rings is 1. The molecule has 1 aromatic carbocycles. The Bertz CT molecular complexity index is 580. The summed E-state index contributed by atoms with van der Waals surface area (Å²) in [7, 11) is 1.61. The number of halogens is 1. The molecule has 0 amide bonds. The van der Waals surface area contributed by atoms with Gasteiger partial charge in [-0.25, -0.2) is 8.42 Å². The molecule has 0 bridgehead atoms. The average molecular weight is 273 g/mol. The number of hydrogen-bond donors (Lipinski definition) is 0. The Morgan fingerprint density at radius 3 is 2.47 bits per heavy atom. The lowest BCUT2D eigenvalue weighted by molar-refractivity contribution is 0.367. The van der Waals surface area contributed by atoms with E-state index in [0.29, 0.717) is 16.9 Å². The topological polar surface area (TPSA) is 43.4 Å². The minimum Gasteiger partial charge on any atom is -0.481 e. The maximum absolute atomic E-state index is 11.3. The van der Waals surface area contributed by atoms with E-state index < -0.39 is 9.05 Å². The summed E-state index contributed by atoms with van der Waals surface area (Å²) in [5.41, 5.74) is 1.28. The van der Waals surface area contributed by atoms with E-state index in [1.807, 2.05) is 0 Å². The lowest BCUT2D eigenvalue weighted by Gasteiger charge is -2.10. The highest BCUT2D eigenvalue weighted by molar-refractivity contribution is 8.13. The second-order valence-electron chi connectivity index (χ2n) is 3.54. The van der Waals surface area contributed by atoms with E-state index in [1.165, 1.54) is 6.07 Å². The quantitative estimate of drug-likeness (QED) is 0.628. The van der Waals surface area contributed by atoms with E-state index in [1.54, 1.807) is 26.8 Å². The fraction of sp³-hybridized carbons (Fsp3) is 0.333. The maximum atomic E-state index is 11.3. The van der Waals surface area contributed by atoms with Crippen molar-refractivity contribution >= 4 is 19.7 Å². The minimum absolute atomic E-state index is 0.116. The molecule has 0 spiro atoms. The van der Waals surface area contributed by atoms with E-state index in [9.17, 15) is 8.42 Å². The van der Waals surface area contributed by atoms with Crippen LogP contribution in [0, 0.1) is 25.7 Å². The van der Waals surface area contributed by atoms with E-state index in [-0.39, 0.29) is 11.5 Å². The van der Waals surface area contributed by atoms with E-state index in [4.69, 9.17) is 15.4 Å². The molecular weight excluding hydrogens is 260 g/mol. The van der Waals surface area contributed by atoms with Gasteiger partial charge >= 0.3 is 0 Å². The van der Waals surface area contributed by atoms with Crippen LogP contribution in [-0.2, 0) is 9.05 Å². The van der Waals surface area contributed by atoms with Gasteiger partial charge in [-0.1, -0.05) is 5.92 Å². The molecule has 0 saturated carbocycles. The van der Waals surface area contributed by atoms with Crippen LogP contribution in [0.1, 0.15) is 18.1 Å². The summed E-state index contributed by atoms with van der Waals surface area (Å²) in [6.45, 7) is 5.45. The molecule has 0 radical (unpaired) electrons. The zero-order valence-corrected chi connectivity index (χ0v) is 11.4. The van der Waals surface area contributed by atoms with Gasteiger partial charge < -0.3 is 4.74 Å². The third kappa shape index (κ3) is 3.65. The van der Waals surface area contributed by atoms with Crippen molar-refractivity contribution in [2.75, 3.05) is 6.61 Å². The molecule has 5 heteroatoms. The molecule has 0 heterocycles. The Balaban J connectivity index is 3.13. The first-order valence-electron chi connectivity index (χ1n) is 4.94. The number of aryl methyl sites for hydroxylation is 2. The highest BCUT2D eigenvalue weighted by Gasteiger charge is 2.15. The highest BCUT2D eigenvalue weighted by Crippen LogP contribution is 2.27. The Hall–Kier alpha value is -1.18. The van der Waals surface area contributed by atoms with Crippen LogP contribution in [0.3, 0.4) is 0 Å². The van der Waals surface area contributed by atoms with Crippen LogP contribution in [0.4, 0.5) is 0 Å². The molecule has 0 aromatic heterocycles. The van der Waals surface area contributed by atoms with Gasteiger partial charge in [0.15, 0.2) is 0 Å². The first-order chi connectivity index (χ1) is 7.86. The third-order valence-corrected chi connectivity index (χ3v) is 3.68. The number of rotatable bonds is 3. The molecule has 0 N–H and O–H groups in total. The molecule has 0 aliphatic heterocycles. The Kier molecular flexibility index (Phi) is 4.44. The van der Waals surface area contributed by atoms with Gasteiger partial charge in [0, 0.05) is 10.7 Å². The first kappa shape index (κ1) is 13.9. The summed E-state index contributed by atoms with van der Waals surface area (Å²) in [5, 5.41) is 0. The van der Waals surface area contributed by atoms with Crippen LogP contribution in [0.5, 0.6) is 5.75 Å². The molecule has 3 nitrogen and oxygen atoms in total. The van der Waals surface area contributed by atoms with E-state index in [2.05, 4.69) is 11.8 Å². The Labute approximate surface area is 106 Å². The van der Waals surface area contributed by atoms with Crippen molar-refractivity contribution in [3.63, 3.8) is 0 Å². The van der Waals surface area contributed by atoms with Crippen LogP contribution in [0.2, 0.25) is 0 Å². The molecule has 0 unspecified atom stereocenters. The summed E-state index contributed by atoms with van der Waals surface area (Å²) in [5.74, 6) is 6.11. The zero-order valence-electron chi connectivity index (χ0n) is 9.87. The van der Waals surface area contributed by atoms with Gasteiger partial charge in [0.2, 0.25) is 0 Å². The van der Waals surface area contributed by atoms with Crippen LogP contribution >= 0.6 is 10.7 Å². The molecule has 17 heavy (non-hydrogen) atoms. The smallest absolute Gasteiger partial charge is 0.261 e. The summed E-state index contributed by atoms with van der Waals surface area (Å²) in [6, 6.07) is 3.16. The first-order valence-corrected chi connectivity index (χ1v) is 7.25. The van der Waals surface area contributed by atoms with Crippen molar-refractivity contribution in [1.82, 2.24) is 0 Å². The van der Waals surface area contributed by atoms with Crippen molar-refractivity contribution in [3.05, 3.63) is 23.3 Å². The van der Waals surface area contributed by atoms with Crippen molar-refractivity contribution in [2.45, 2.75) is 25.7 Å². The second-order valence-corrected chi connectivity index (χ2v) is 6.07. The fourth-order valence-electron chi connectivity index (χ4n) is 1.37. The highest BCUT2D eigenvalue weighted by atomic mass is 35.7. The van der Waals surface area contributed by atoms with Gasteiger partial charge in [-0.3, -0.25) is 0 Å². The van der Waals surface area contributed by atoms with Crippen molar-refractivity contribution < 1.29 is 13.2 Å². The third-order valence-electron chi connectivity index (χ3n) is 2.21. The standard InChI is InChI=1S/C12H13ClO3S/c1-4-5-6-16-11-7-10(3)12(8-9(11)2)17(13,14)15/h7-8H,6H2,1-3H3. The summed E-state index contributed by atoms with van der Waals surface area (Å²) < 4.78 is 28.0. The molecule has 0 fully saturated rings.